The normalized spacial score (nSPS) is 17.8. The molecule has 0 aliphatic heterocycles. The fourth-order valence-electron chi connectivity index (χ4n) is 3.25. The number of benzene rings is 1. The molecule has 6 nitrogen and oxygen atoms in total. The van der Waals surface area contributed by atoms with Gasteiger partial charge in [0.1, 0.15) is 0 Å². The molecular weight excluding hydrogens is 264 g/mol. The highest BCUT2D eigenvalue weighted by molar-refractivity contribution is 5.67. The predicted octanol–water partition coefficient (Wildman–Crippen LogP) is 2.47. The molecule has 3 rings (SSSR count). The third kappa shape index (κ3) is 2.99. The molecule has 1 aromatic carbocycles. The van der Waals surface area contributed by atoms with Gasteiger partial charge >= 0.3 is 0 Å². The highest BCUT2D eigenvalue weighted by Gasteiger charge is 2.29. The first-order valence-corrected chi connectivity index (χ1v) is 7.48. The molecule has 2 aromatic rings. The van der Waals surface area contributed by atoms with E-state index in [0.29, 0.717) is 11.4 Å². The van der Waals surface area contributed by atoms with Gasteiger partial charge in [0.05, 0.1) is 6.54 Å². The number of nitrogen functional groups attached to an aromatic ring is 2. The summed E-state index contributed by atoms with van der Waals surface area (Å²) in [5, 5.41) is 12.2. The molecule has 0 radical (unpaired) electrons. The first-order valence-electron chi connectivity index (χ1n) is 7.48. The molecule has 21 heavy (non-hydrogen) atoms. The van der Waals surface area contributed by atoms with Gasteiger partial charge in [-0.05, 0) is 46.9 Å². The Morgan fingerprint density at radius 1 is 1.10 bits per heavy atom. The van der Waals surface area contributed by atoms with Crippen molar-refractivity contribution < 1.29 is 0 Å². The Hall–Kier alpha value is -2.11. The molecule has 0 bridgehead atoms. The topological polar surface area (TPSA) is 95.6 Å². The van der Waals surface area contributed by atoms with Crippen molar-refractivity contribution in [3.05, 3.63) is 18.2 Å². The summed E-state index contributed by atoms with van der Waals surface area (Å²) >= 11 is 0. The molecule has 1 aliphatic carbocycles. The zero-order valence-electron chi connectivity index (χ0n) is 12.4. The average molecular weight is 286 g/mol. The predicted molar refractivity (Wildman–Crippen MR) is 83.3 cm³/mol. The second kappa shape index (κ2) is 5.35. The third-order valence-corrected chi connectivity index (χ3v) is 4.36. The largest absolute Gasteiger partial charge is 0.399 e. The summed E-state index contributed by atoms with van der Waals surface area (Å²) < 4.78 is 1.89. The number of rotatable bonds is 3. The lowest BCUT2D eigenvalue weighted by Gasteiger charge is -2.33. The van der Waals surface area contributed by atoms with Crippen molar-refractivity contribution in [1.29, 1.82) is 0 Å². The lowest BCUT2D eigenvalue weighted by molar-refractivity contribution is 0.175. The van der Waals surface area contributed by atoms with E-state index in [1.807, 2.05) is 16.8 Å². The highest BCUT2D eigenvalue weighted by atomic mass is 15.5. The Morgan fingerprint density at radius 2 is 1.76 bits per heavy atom. The molecule has 1 aliphatic rings. The van der Waals surface area contributed by atoms with Crippen LogP contribution in [0.3, 0.4) is 0 Å². The van der Waals surface area contributed by atoms with Gasteiger partial charge in [0.15, 0.2) is 5.82 Å². The Bertz CT molecular complexity index is 607. The van der Waals surface area contributed by atoms with Crippen molar-refractivity contribution in [2.45, 2.75) is 45.6 Å². The molecule has 4 N–H and O–H groups in total. The van der Waals surface area contributed by atoms with Gasteiger partial charge in [-0.25, -0.2) is 4.68 Å². The number of hydrogen-bond donors (Lipinski definition) is 2. The van der Waals surface area contributed by atoms with E-state index in [-0.39, 0.29) is 5.41 Å². The van der Waals surface area contributed by atoms with Crippen molar-refractivity contribution in [1.82, 2.24) is 20.2 Å². The molecule has 0 unspecified atom stereocenters. The Balaban J connectivity index is 1.90. The second-order valence-corrected chi connectivity index (χ2v) is 6.42. The van der Waals surface area contributed by atoms with E-state index in [1.165, 1.54) is 32.1 Å². The maximum Gasteiger partial charge on any atom is 0.182 e. The van der Waals surface area contributed by atoms with Gasteiger partial charge in [-0.15, -0.1) is 5.10 Å². The van der Waals surface area contributed by atoms with E-state index in [1.54, 1.807) is 6.07 Å². The zero-order chi connectivity index (χ0) is 14.9. The molecule has 1 fully saturated rings. The van der Waals surface area contributed by atoms with Crippen molar-refractivity contribution in [2.24, 2.45) is 5.41 Å². The summed E-state index contributed by atoms with van der Waals surface area (Å²) in [4.78, 5) is 0. The van der Waals surface area contributed by atoms with E-state index in [9.17, 15) is 0 Å². The van der Waals surface area contributed by atoms with Crippen molar-refractivity contribution in [3.63, 3.8) is 0 Å². The van der Waals surface area contributed by atoms with Crippen LogP contribution in [0.2, 0.25) is 0 Å². The fraction of sp³-hybridized carbons (Fsp3) is 0.533. The molecule has 0 atom stereocenters. The first kappa shape index (κ1) is 13.9. The molecule has 0 saturated heterocycles. The van der Waals surface area contributed by atoms with Gasteiger partial charge in [0.25, 0.3) is 0 Å². The Morgan fingerprint density at radius 3 is 2.43 bits per heavy atom. The Labute approximate surface area is 124 Å². The molecule has 0 spiro atoms. The Kier molecular flexibility index (Phi) is 3.53. The quantitative estimate of drug-likeness (QED) is 0.845. The second-order valence-electron chi connectivity index (χ2n) is 6.42. The van der Waals surface area contributed by atoms with Gasteiger partial charge in [-0.2, -0.15) is 0 Å². The summed E-state index contributed by atoms with van der Waals surface area (Å²) in [5.41, 5.74) is 14.1. The van der Waals surface area contributed by atoms with E-state index in [0.717, 1.165) is 17.9 Å². The lowest BCUT2D eigenvalue weighted by Crippen LogP contribution is -2.27. The van der Waals surface area contributed by atoms with Crippen LogP contribution in [-0.4, -0.2) is 20.2 Å². The lowest BCUT2D eigenvalue weighted by atomic mass is 9.76. The van der Waals surface area contributed by atoms with E-state index in [4.69, 9.17) is 11.5 Å². The molecule has 1 aromatic heterocycles. The molecular formula is C15H22N6. The smallest absolute Gasteiger partial charge is 0.182 e. The van der Waals surface area contributed by atoms with Crippen LogP contribution in [-0.2, 0) is 6.54 Å². The van der Waals surface area contributed by atoms with Gasteiger partial charge in [-0.1, -0.05) is 26.2 Å². The molecule has 1 heterocycles. The number of tetrazole rings is 1. The first-order chi connectivity index (χ1) is 10.1. The van der Waals surface area contributed by atoms with Crippen LogP contribution in [0.15, 0.2) is 18.2 Å². The average Bonchev–Trinajstić information content (AvgIpc) is 2.85. The van der Waals surface area contributed by atoms with Crippen LogP contribution < -0.4 is 11.5 Å². The summed E-state index contributed by atoms with van der Waals surface area (Å²) in [6, 6.07) is 5.46. The number of nitrogens with zero attached hydrogens (tertiary/aromatic N) is 4. The number of aromatic nitrogens is 4. The summed E-state index contributed by atoms with van der Waals surface area (Å²) in [7, 11) is 0. The van der Waals surface area contributed by atoms with Crippen molar-refractivity contribution in [2.75, 3.05) is 11.5 Å². The van der Waals surface area contributed by atoms with Crippen LogP contribution in [0.4, 0.5) is 11.4 Å². The number of hydrogen-bond acceptors (Lipinski definition) is 5. The molecule has 112 valence electrons. The highest BCUT2D eigenvalue weighted by Crippen LogP contribution is 2.37. The van der Waals surface area contributed by atoms with E-state index >= 15 is 0 Å². The SMILES string of the molecule is CC1(Cn2nnnc2-c2cc(N)cc(N)c2)CCCCC1. The minimum atomic E-state index is 0.272. The van der Waals surface area contributed by atoms with Gasteiger partial charge < -0.3 is 11.5 Å². The minimum Gasteiger partial charge on any atom is -0.399 e. The van der Waals surface area contributed by atoms with E-state index < -0.39 is 0 Å². The number of nitrogens with two attached hydrogens (primary N) is 2. The van der Waals surface area contributed by atoms with Crippen LogP contribution in [0.5, 0.6) is 0 Å². The zero-order valence-corrected chi connectivity index (χ0v) is 12.4. The molecule has 6 heteroatoms. The van der Waals surface area contributed by atoms with Gasteiger partial charge in [-0.3, -0.25) is 0 Å². The van der Waals surface area contributed by atoms with Crippen LogP contribution in [0, 0.1) is 5.41 Å². The third-order valence-electron chi connectivity index (χ3n) is 4.36. The van der Waals surface area contributed by atoms with Crippen LogP contribution >= 0.6 is 0 Å². The number of anilines is 2. The maximum absolute atomic E-state index is 5.87. The standard InChI is InChI=1S/C15H22N6/c1-15(5-3-2-4-6-15)10-21-14(18-19-20-21)11-7-12(16)9-13(17)8-11/h7-9H,2-6,10,16-17H2,1H3. The van der Waals surface area contributed by atoms with Crippen molar-refractivity contribution in [3.8, 4) is 11.4 Å². The summed E-state index contributed by atoms with van der Waals surface area (Å²) in [6.07, 6.45) is 6.37. The molecule has 0 amide bonds. The van der Waals surface area contributed by atoms with Crippen LogP contribution in [0.1, 0.15) is 39.0 Å². The van der Waals surface area contributed by atoms with Gasteiger partial charge in [0.2, 0.25) is 0 Å². The monoisotopic (exact) mass is 286 g/mol. The van der Waals surface area contributed by atoms with Crippen molar-refractivity contribution >= 4 is 11.4 Å². The molecule has 1 saturated carbocycles. The van der Waals surface area contributed by atoms with E-state index in [2.05, 4.69) is 22.4 Å². The fourth-order valence-corrected chi connectivity index (χ4v) is 3.25. The summed E-state index contributed by atoms with van der Waals surface area (Å²) in [5.74, 6) is 0.737. The van der Waals surface area contributed by atoms with Crippen LogP contribution in [0.25, 0.3) is 11.4 Å². The van der Waals surface area contributed by atoms with Gasteiger partial charge in [0, 0.05) is 16.9 Å². The summed E-state index contributed by atoms with van der Waals surface area (Å²) in [6.45, 7) is 3.16. The minimum absolute atomic E-state index is 0.272. The maximum atomic E-state index is 5.87.